The number of hydrazine groups is 1. The number of hydrogen-bond donors (Lipinski definition) is 2. The second-order valence-corrected chi connectivity index (χ2v) is 5.21. The van der Waals surface area contributed by atoms with Crippen molar-refractivity contribution in [2.24, 2.45) is 5.84 Å². The Kier molecular flexibility index (Phi) is 4.47. The third-order valence-corrected chi connectivity index (χ3v) is 4.25. The minimum absolute atomic E-state index is 0.0718. The molecule has 1 aliphatic rings. The van der Waals surface area contributed by atoms with Crippen LogP contribution in [-0.2, 0) is 15.9 Å². The van der Waals surface area contributed by atoms with Crippen molar-refractivity contribution in [2.45, 2.75) is 30.9 Å². The normalized spacial score (nSPS) is 21.3. The van der Waals surface area contributed by atoms with Crippen LogP contribution in [0.4, 0.5) is 0 Å². The van der Waals surface area contributed by atoms with Gasteiger partial charge in [-0.3, -0.25) is 11.3 Å². The molecule has 0 aromatic carbocycles. The number of nitrogens with zero attached hydrogens (tertiary/aromatic N) is 1. The fourth-order valence-electron chi connectivity index (χ4n) is 2.34. The zero-order valence-electron chi connectivity index (χ0n) is 10.0. The zero-order chi connectivity index (χ0) is 12.1. The summed E-state index contributed by atoms with van der Waals surface area (Å²) in [5.74, 6) is 5.69. The van der Waals surface area contributed by atoms with Crippen LogP contribution in [0.2, 0.25) is 0 Å². The van der Waals surface area contributed by atoms with Gasteiger partial charge in [0.05, 0.1) is 16.7 Å². The fourth-order valence-corrected chi connectivity index (χ4v) is 3.00. The third-order valence-electron chi connectivity index (χ3n) is 3.44. The highest BCUT2D eigenvalue weighted by molar-refractivity contribution is 7.09. The number of nitrogens with one attached hydrogen (secondary N) is 1. The number of ether oxygens (including phenoxy) is 2. The van der Waals surface area contributed by atoms with Crippen molar-refractivity contribution in [1.29, 1.82) is 0 Å². The van der Waals surface area contributed by atoms with E-state index in [1.165, 1.54) is 0 Å². The first-order chi connectivity index (χ1) is 8.30. The number of aromatic nitrogens is 1. The van der Waals surface area contributed by atoms with Gasteiger partial charge in [-0.2, -0.15) is 0 Å². The summed E-state index contributed by atoms with van der Waals surface area (Å²) in [5.41, 5.74) is 2.65. The topological polar surface area (TPSA) is 69.4 Å². The average Bonchev–Trinajstić information content (AvgIpc) is 2.89. The van der Waals surface area contributed by atoms with E-state index in [0.717, 1.165) is 37.5 Å². The lowest BCUT2D eigenvalue weighted by Gasteiger charge is -2.41. The molecule has 0 saturated carbocycles. The number of thiazole rings is 1. The number of methoxy groups -OCH3 is 1. The van der Waals surface area contributed by atoms with Crippen LogP contribution in [-0.4, -0.2) is 37.0 Å². The molecule has 1 aromatic rings. The van der Waals surface area contributed by atoms with Crippen molar-refractivity contribution < 1.29 is 9.47 Å². The second kappa shape index (κ2) is 5.88. The second-order valence-electron chi connectivity index (χ2n) is 4.23. The smallest absolute Gasteiger partial charge is 0.0942 e. The van der Waals surface area contributed by atoms with Crippen LogP contribution in [0, 0.1) is 0 Å². The van der Waals surface area contributed by atoms with Gasteiger partial charge in [0.15, 0.2) is 0 Å². The van der Waals surface area contributed by atoms with Gasteiger partial charge >= 0.3 is 0 Å². The molecule has 1 aromatic heterocycles. The van der Waals surface area contributed by atoms with E-state index in [1.807, 2.05) is 11.6 Å². The Morgan fingerprint density at radius 1 is 1.65 bits per heavy atom. The van der Waals surface area contributed by atoms with Crippen LogP contribution in [0.3, 0.4) is 0 Å². The highest BCUT2D eigenvalue weighted by Crippen LogP contribution is 2.30. The molecule has 0 bridgehead atoms. The molecule has 1 unspecified atom stereocenters. The molecule has 0 radical (unpaired) electrons. The SMILES string of the molecule is COC1(C(Cc2nccs2)NN)CCOCC1. The van der Waals surface area contributed by atoms with Crippen LogP contribution in [0.1, 0.15) is 17.8 Å². The van der Waals surface area contributed by atoms with E-state index in [4.69, 9.17) is 15.3 Å². The van der Waals surface area contributed by atoms with E-state index < -0.39 is 0 Å². The largest absolute Gasteiger partial charge is 0.381 e. The Hall–Kier alpha value is -0.530. The Balaban J connectivity index is 2.09. The van der Waals surface area contributed by atoms with E-state index in [-0.39, 0.29) is 11.6 Å². The maximum atomic E-state index is 5.73. The van der Waals surface area contributed by atoms with E-state index in [9.17, 15) is 0 Å². The van der Waals surface area contributed by atoms with Crippen LogP contribution >= 0.6 is 11.3 Å². The molecule has 0 aliphatic carbocycles. The van der Waals surface area contributed by atoms with Crippen LogP contribution in [0.15, 0.2) is 11.6 Å². The molecule has 3 N–H and O–H groups in total. The van der Waals surface area contributed by atoms with Crippen molar-refractivity contribution in [3.63, 3.8) is 0 Å². The summed E-state index contributed by atoms with van der Waals surface area (Å²) >= 11 is 1.65. The molecule has 6 heteroatoms. The standard InChI is InChI=1S/C11H19N3O2S/c1-15-11(2-5-16-6-3-11)9(14-12)8-10-13-4-7-17-10/h4,7,9,14H,2-3,5-6,8,12H2,1H3. The van der Waals surface area contributed by atoms with Gasteiger partial charge in [-0.1, -0.05) is 0 Å². The number of nitrogens with two attached hydrogens (primary N) is 1. The highest BCUT2D eigenvalue weighted by atomic mass is 32.1. The van der Waals surface area contributed by atoms with Gasteiger partial charge in [0.25, 0.3) is 0 Å². The molecule has 1 aliphatic heterocycles. The average molecular weight is 257 g/mol. The summed E-state index contributed by atoms with van der Waals surface area (Å²) in [5, 5.41) is 3.06. The first kappa shape index (κ1) is 12.9. The fraction of sp³-hybridized carbons (Fsp3) is 0.727. The summed E-state index contributed by atoms with van der Waals surface area (Å²) < 4.78 is 11.1. The molecule has 0 spiro atoms. The summed E-state index contributed by atoms with van der Waals surface area (Å²) in [4.78, 5) is 4.30. The molecule has 96 valence electrons. The highest BCUT2D eigenvalue weighted by Gasteiger charge is 2.40. The molecule has 17 heavy (non-hydrogen) atoms. The zero-order valence-corrected chi connectivity index (χ0v) is 10.8. The quantitative estimate of drug-likeness (QED) is 0.600. The molecule has 5 nitrogen and oxygen atoms in total. The summed E-state index contributed by atoms with van der Waals surface area (Å²) in [6.07, 6.45) is 4.34. The first-order valence-corrected chi connectivity index (χ1v) is 6.66. The van der Waals surface area contributed by atoms with Crippen LogP contribution < -0.4 is 11.3 Å². The molecule has 1 atom stereocenters. The first-order valence-electron chi connectivity index (χ1n) is 5.78. The van der Waals surface area contributed by atoms with E-state index in [1.54, 1.807) is 18.4 Å². The van der Waals surface area contributed by atoms with E-state index in [0.29, 0.717) is 0 Å². The van der Waals surface area contributed by atoms with Gasteiger partial charge in [0.2, 0.25) is 0 Å². The van der Waals surface area contributed by atoms with Gasteiger partial charge in [0, 0.05) is 51.2 Å². The number of hydrogen-bond acceptors (Lipinski definition) is 6. The minimum Gasteiger partial charge on any atom is -0.381 e. The van der Waals surface area contributed by atoms with Gasteiger partial charge in [0.1, 0.15) is 0 Å². The van der Waals surface area contributed by atoms with Gasteiger partial charge in [-0.25, -0.2) is 4.98 Å². The molecular weight excluding hydrogens is 238 g/mol. The van der Waals surface area contributed by atoms with Crippen molar-refractivity contribution in [3.05, 3.63) is 16.6 Å². The van der Waals surface area contributed by atoms with Crippen molar-refractivity contribution >= 4 is 11.3 Å². The van der Waals surface area contributed by atoms with Crippen LogP contribution in [0.25, 0.3) is 0 Å². The summed E-state index contributed by atoms with van der Waals surface area (Å²) in [6, 6.07) is 0.0718. The van der Waals surface area contributed by atoms with Crippen molar-refractivity contribution in [3.8, 4) is 0 Å². The van der Waals surface area contributed by atoms with E-state index >= 15 is 0 Å². The number of rotatable bonds is 5. The predicted octanol–water partition coefficient (Wildman–Crippen LogP) is 0.713. The van der Waals surface area contributed by atoms with Gasteiger partial charge in [-0.15, -0.1) is 11.3 Å². The monoisotopic (exact) mass is 257 g/mol. The molecule has 1 saturated heterocycles. The minimum atomic E-state index is -0.237. The molecule has 2 rings (SSSR count). The maximum absolute atomic E-state index is 5.73. The molecule has 2 heterocycles. The third kappa shape index (κ3) is 2.83. The summed E-state index contributed by atoms with van der Waals surface area (Å²) in [7, 11) is 1.75. The van der Waals surface area contributed by atoms with Crippen molar-refractivity contribution in [1.82, 2.24) is 10.4 Å². The summed E-state index contributed by atoms with van der Waals surface area (Å²) in [6.45, 7) is 1.45. The molecule has 1 fully saturated rings. The predicted molar refractivity (Wildman–Crippen MR) is 66.7 cm³/mol. The Bertz CT molecular complexity index is 325. The van der Waals surface area contributed by atoms with Crippen molar-refractivity contribution in [2.75, 3.05) is 20.3 Å². The molecule has 0 amide bonds. The Labute approximate surface area is 105 Å². The van der Waals surface area contributed by atoms with Crippen LogP contribution in [0.5, 0.6) is 0 Å². The Morgan fingerprint density at radius 3 is 2.94 bits per heavy atom. The Morgan fingerprint density at radius 2 is 2.41 bits per heavy atom. The lowest BCUT2D eigenvalue weighted by Crippen LogP contribution is -2.58. The lowest BCUT2D eigenvalue weighted by molar-refractivity contribution is -0.110. The molecular formula is C11H19N3O2S. The van der Waals surface area contributed by atoms with Gasteiger partial charge in [-0.05, 0) is 0 Å². The maximum Gasteiger partial charge on any atom is 0.0942 e. The van der Waals surface area contributed by atoms with E-state index in [2.05, 4.69) is 10.4 Å². The lowest BCUT2D eigenvalue weighted by atomic mass is 9.84. The van der Waals surface area contributed by atoms with Gasteiger partial charge < -0.3 is 9.47 Å².